The number of fused-ring (bicyclic) bond motifs is 6. The summed E-state index contributed by atoms with van der Waals surface area (Å²) in [6.07, 6.45) is 11.1. The van der Waals surface area contributed by atoms with E-state index in [-0.39, 0.29) is 126 Å². The van der Waals surface area contributed by atoms with Gasteiger partial charge in [-0.05, 0) is 95.4 Å². The minimum Gasteiger partial charge on any atom is -0.460 e. The van der Waals surface area contributed by atoms with E-state index in [1.54, 1.807) is 46.2 Å². The second kappa shape index (κ2) is 35.9. The smallest absolute Gasteiger partial charge is 0.319 e. The summed E-state index contributed by atoms with van der Waals surface area (Å²) in [7, 11) is 7.86. The number of ether oxygens (including phenoxy) is 7. The number of pyridine rings is 3. The first-order valence-corrected chi connectivity index (χ1v) is 42.5. The van der Waals surface area contributed by atoms with Crippen molar-refractivity contribution in [3.05, 3.63) is 142 Å². The van der Waals surface area contributed by atoms with Crippen LogP contribution in [-0.4, -0.2) is 293 Å². The van der Waals surface area contributed by atoms with Gasteiger partial charge in [0, 0.05) is 148 Å². The first kappa shape index (κ1) is 85.7. The zero-order valence-corrected chi connectivity index (χ0v) is 72.8. The van der Waals surface area contributed by atoms with Crippen molar-refractivity contribution in [3.8, 4) is 52.9 Å². The van der Waals surface area contributed by atoms with Gasteiger partial charge in [-0.25, -0.2) is 8.78 Å². The monoisotopic (exact) mass is 1800 g/mol. The number of nitrogens with zero attached hydrogens (tertiary/aromatic N) is 21. The molecule has 3 aromatic carbocycles. The first-order chi connectivity index (χ1) is 60.3. The summed E-state index contributed by atoms with van der Waals surface area (Å²) in [6, 6.07) is 12.0. The Morgan fingerprint density at radius 1 is 0.464 bits per heavy atom. The molecule has 5 atom stereocenters. The summed E-state index contributed by atoms with van der Waals surface area (Å²) >= 11 is 32.3. The van der Waals surface area contributed by atoms with Gasteiger partial charge in [-0.1, -0.05) is 90.7 Å². The summed E-state index contributed by atoms with van der Waals surface area (Å²) in [5, 5.41) is 24.2. The molecule has 1 spiro atoms. The van der Waals surface area contributed by atoms with E-state index in [0.29, 0.717) is 163 Å². The molecular weight excluding hydrogens is 1720 g/mol. The molecule has 19 rings (SSSR count). The molecule has 3 amide bonds. The minimum atomic E-state index is -0.683. The summed E-state index contributed by atoms with van der Waals surface area (Å²) in [6.45, 7) is 26.0. The second-order valence-corrected chi connectivity index (χ2v) is 33.9. The number of benzene rings is 3. The number of hydrogen-bond donors (Lipinski definition) is 3. The number of halogens is 7. The van der Waals surface area contributed by atoms with E-state index in [1.807, 2.05) is 31.0 Å². The summed E-state index contributed by atoms with van der Waals surface area (Å²) in [5.41, 5.74) is 3.76. The van der Waals surface area contributed by atoms with Crippen LogP contribution in [0.15, 0.2) is 99.0 Å². The van der Waals surface area contributed by atoms with Gasteiger partial charge in [0.1, 0.15) is 101 Å². The highest BCUT2D eigenvalue weighted by Gasteiger charge is 2.56. The Balaban J connectivity index is 0.000000133. The molecule has 1 saturated carbocycles. The average Bonchev–Trinajstić information content (AvgIpc) is 1.61. The number of carbonyl (C=O) groups excluding carboxylic acids is 3. The highest BCUT2D eigenvalue weighted by atomic mass is 35.5. The summed E-state index contributed by atoms with van der Waals surface area (Å²) in [4.78, 5) is 96.9. The lowest BCUT2D eigenvalue weighted by Crippen LogP contribution is -2.48. The SMILES string of the molecule is C=CC(=O)N1CCN(c2nc(OC3CCN(C)C[C@H]3C)nc3c(Oc4c(Cl)c(F)cc5[nH]ncc45)nc(Cl)cc23)CC1.C=CC(=O)N1CCN(c2nc(OC3CN(C)CC34CC4)nc3c(Oc4c(Cl)c(F)cc5[nH]ncc45)nc(Cl)cc23)CC1.C=CC(=O)N1CCN(c2nc(O[C@@H]3CN(C)C[C@H]3OC)nc3c(Oc4c(C)ccc5[nH]ncc45)nc(Cl)cc23)CC1. The Morgan fingerprint density at radius 3 is 1.28 bits per heavy atom. The number of anilines is 3. The molecule has 7 fully saturated rings. The quantitative estimate of drug-likeness (QED) is 0.0500. The van der Waals surface area contributed by atoms with Crippen LogP contribution in [0.25, 0.3) is 65.4 Å². The largest absolute Gasteiger partial charge is 0.460 e. The Hall–Kier alpha value is -11.5. The maximum absolute atomic E-state index is 14.7. The lowest BCUT2D eigenvalue weighted by Gasteiger charge is -2.36. The van der Waals surface area contributed by atoms with Gasteiger partial charge in [-0.15, -0.1) is 0 Å². The molecule has 7 aliphatic rings. The van der Waals surface area contributed by atoms with Gasteiger partial charge in [0.2, 0.25) is 35.4 Å². The van der Waals surface area contributed by atoms with Crippen LogP contribution < -0.4 is 43.1 Å². The number of piperazine rings is 3. The van der Waals surface area contributed by atoms with Gasteiger partial charge < -0.3 is 72.4 Å². The minimum absolute atomic E-state index is 0.0119. The number of aromatic amines is 3. The van der Waals surface area contributed by atoms with Crippen LogP contribution in [0, 0.1) is 29.9 Å². The van der Waals surface area contributed by atoms with Gasteiger partial charge in [0.25, 0.3) is 0 Å². The van der Waals surface area contributed by atoms with Crippen molar-refractivity contribution in [2.45, 2.75) is 57.5 Å². The highest BCUT2D eigenvalue weighted by Crippen LogP contribution is 2.54. The maximum Gasteiger partial charge on any atom is 0.319 e. The molecule has 6 saturated heterocycles. The van der Waals surface area contributed by atoms with Gasteiger partial charge in [0.05, 0.1) is 67.5 Å². The van der Waals surface area contributed by atoms with Crippen LogP contribution in [0.2, 0.25) is 25.5 Å². The van der Waals surface area contributed by atoms with Crippen LogP contribution in [0.4, 0.5) is 26.2 Å². The topological polar surface area (TPSA) is 347 Å². The number of likely N-dealkylation sites (N-methyl/N-ethyl adjacent to an activating group) is 2. The van der Waals surface area contributed by atoms with Gasteiger partial charge in [0.15, 0.2) is 11.5 Å². The number of hydrogen-bond acceptors (Lipinski definition) is 28. The third-order valence-electron chi connectivity index (χ3n) is 23.6. The van der Waals surface area contributed by atoms with E-state index in [2.05, 4.69) is 111 Å². The average molecular weight is 1810 g/mol. The standard InChI is InChI=1S/C28H27Cl2FN8O3.C28H29Cl2FN8O3.C28H31ClN8O4/c1-3-21(40)38-6-8-39(9-7-38)25-15-10-20(29)33-26(42-24-16-12-32-36-18(16)11-17(31)22(24)30)23(15)34-27(35-25)41-19-13-37(2)14-28(19)4-5-28;1-4-22(40)38-7-9-39(10-8-38)26-16-11-21(29)33-27(42-25-17-13-32-36-19(17)12-18(31)23(25)30)24(16)34-28(35-26)41-20-5-6-37(3)14-15(20)2;1-5-23(38)36-8-10-37(11-9-36)26-17-12-22(29)31-27(41-25-16(2)6-7-19-18(25)13-30-34-19)24(17)32-28(33-26)40-21-15-35(3)14-20(21)39-4/h3,10-12,19H,1,4-9,13-14H2,2H3,(H,32,36);4,11-13,15,20H,1,5-10,14H2,2-3H3,(H,32,36);5-7,12-13,20-21H,1,8-11,14-15H2,2-4H3,(H,30,34)/t;15-,20?;20-,21-/m.11/s1. The fourth-order valence-corrected chi connectivity index (χ4v) is 17.8. The van der Waals surface area contributed by atoms with E-state index in [9.17, 15) is 23.2 Å². The molecular formula is C84H87Cl5F2N24O10. The third kappa shape index (κ3) is 17.7. The van der Waals surface area contributed by atoms with Gasteiger partial charge >= 0.3 is 18.0 Å². The van der Waals surface area contributed by atoms with Crippen molar-refractivity contribution in [1.82, 2.24) is 105 Å². The van der Waals surface area contributed by atoms with E-state index in [0.717, 1.165) is 68.5 Å². The predicted molar refractivity (Wildman–Crippen MR) is 469 cm³/mol. The molecule has 41 heteroatoms. The molecule has 0 radical (unpaired) electrons. The van der Waals surface area contributed by atoms with Crippen molar-refractivity contribution >= 4 is 159 Å². The Morgan fingerprint density at radius 2 is 0.864 bits per heavy atom. The number of rotatable bonds is 19. The molecule has 34 nitrogen and oxygen atoms in total. The lowest BCUT2D eigenvalue weighted by molar-refractivity contribution is -0.127. The van der Waals surface area contributed by atoms with Crippen molar-refractivity contribution in [3.63, 3.8) is 0 Å². The van der Waals surface area contributed by atoms with Crippen LogP contribution in [0.1, 0.15) is 31.7 Å². The van der Waals surface area contributed by atoms with Crippen LogP contribution in [-0.2, 0) is 19.1 Å². The summed E-state index contributed by atoms with van der Waals surface area (Å²) in [5.74, 6) is 1.24. The number of methoxy groups -OCH3 is 1. The molecule has 2 unspecified atom stereocenters. The number of aryl methyl sites for hydroxylation is 1. The Labute approximate surface area is 739 Å². The molecule has 125 heavy (non-hydrogen) atoms. The second-order valence-electron chi connectivity index (χ2n) is 32.0. The number of aromatic nitrogens is 15. The molecule has 15 heterocycles. The molecule has 9 aromatic heterocycles. The van der Waals surface area contributed by atoms with Gasteiger partial charge in [-0.2, -0.15) is 60.2 Å². The van der Waals surface area contributed by atoms with E-state index in [1.165, 1.54) is 42.8 Å². The van der Waals surface area contributed by atoms with Crippen LogP contribution in [0.5, 0.6) is 52.9 Å². The maximum atomic E-state index is 14.7. The number of likely N-dealkylation sites (tertiary alicyclic amines) is 3. The number of piperidine rings is 1. The number of H-pyrrole nitrogens is 3. The van der Waals surface area contributed by atoms with Crippen molar-refractivity contribution in [1.29, 1.82) is 0 Å². The highest BCUT2D eigenvalue weighted by molar-refractivity contribution is 6.34. The fourth-order valence-electron chi connectivity index (χ4n) is 16.9. The van der Waals surface area contributed by atoms with Crippen molar-refractivity contribution in [2.75, 3.05) is 161 Å². The Kier molecular flexibility index (Phi) is 24.6. The predicted octanol–water partition coefficient (Wildman–Crippen LogP) is 12.3. The molecule has 0 bridgehead atoms. The molecule has 1 aliphatic carbocycles. The van der Waals surface area contributed by atoms with E-state index >= 15 is 0 Å². The lowest BCUT2D eigenvalue weighted by atomic mass is 9.97. The number of carbonyl (C=O) groups is 3. The molecule has 12 aromatic rings. The molecule has 652 valence electrons. The van der Waals surface area contributed by atoms with Crippen molar-refractivity contribution in [2.24, 2.45) is 11.3 Å². The zero-order chi connectivity index (χ0) is 87.4. The van der Waals surface area contributed by atoms with E-state index < -0.39 is 11.6 Å². The zero-order valence-electron chi connectivity index (χ0n) is 69.0. The number of amides is 3. The Bertz CT molecular complexity index is 6200. The number of nitrogens with one attached hydrogen (secondary N) is 3. The van der Waals surface area contributed by atoms with Gasteiger partial charge in [-0.3, -0.25) is 34.6 Å². The molecule has 6 aliphatic heterocycles. The van der Waals surface area contributed by atoms with Crippen LogP contribution >= 0.6 is 58.0 Å². The fraction of sp³-hybridized carbons (Fsp3) is 0.393. The third-order valence-corrected chi connectivity index (χ3v) is 24.9. The van der Waals surface area contributed by atoms with E-state index in [4.69, 9.17) is 121 Å². The van der Waals surface area contributed by atoms with Crippen molar-refractivity contribution < 1.29 is 56.3 Å². The molecule has 3 N–H and O–H groups in total. The normalized spacial score (nSPS) is 19.9. The van der Waals surface area contributed by atoms with Crippen LogP contribution in [0.3, 0.4) is 0 Å². The first-order valence-electron chi connectivity index (χ1n) is 40.6. The summed E-state index contributed by atoms with van der Waals surface area (Å²) < 4.78 is 73.1.